The van der Waals surface area contributed by atoms with E-state index in [1.165, 1.54) is 44.5 Å². The highest BCUT2D eigenvalue weighted by Crippen LogP contribution is 2.66. The Kier molecular flexibility index (Phi) is 7.46. The van der Waals surface area contributed by atoms with Crippen LogP contribution in [0.2, 0.25) is 0 Å². The quantitative estimate of drug-likeness (QED) is 0.400. The summed E-state index contributed by atoms with van der Waals surface area (Å²) in [6.45, 7) is 3.08. The van der Waals surface area contributed by atoms with Gasteiger partial charge in [-0.3, -0.25) is 9.59 Å². The fraction of sp³-hybridized carbons (Fsp3) is 0.556. The lowest BCUT2D eigenvalue weighted by Crippen LogP contribution is -2.42. The predicted octanol–water partition coefficient (Wildman–Crippen LogP) is 4.60. The van der Waals surface area contributed by atoms with Crippen LogP contribution in [0.1, 0.15) is 84.7 Å². The van der Waals surface area contributed by atoms with E-state index in [9.17, 15) is 18.0 Å². The van der Waals surface area contributed by atoms with Gasteiger partial charge in [-0.1, -0.05) is 25.3 Å². The molecule has 2 aliphatic carbocycles. The van der Waals surface area contributed by atoms with Gasteiger partial charge in [0.1, 0.15) is 5.75 Å². The van der Waals surface area contributed by atoms with Crippen LogP contribution < -0.4 is 14.8 Å². The average Bonchev–Trinajstić information content (AvgIpc) is 3.53. The van der Waals surface area contributed by atoms with Gasteiger partial charge < -0.3 is 19.5 Å². The number of likely N-dealkylation sites (tertiary alicyclic amines) is 1. The largest absolute Gasteiger partial charge is 0.497 e. The molecule has 10 nitrogen and oxygen atoms in total. The van der Waals surface area contributed by atoms with Crippen molar-refractivity contribution in [2.75, 3.05) is 40.8 Å². The van der Waals surface area contributed by atoms with Crippen LogP contribution >= 0.6 is 0 Å². The SMILES string of the molecule is COc1ccc2c(c1)C1CC1(C(=O)N1CC3CCCNC3C1)Cn1c-2c(C2CCCCC2)c2ccc(C(=O)NS(=O)(=O)N(C)C)cc21. The molecule has 5 aliphatic rings. The van der Waals surface area contributed by atoms with Crippen LogP contribution in [-0.4, -0.2) is 80.9 Å². The third kappa shape index (κ3) is 4.99. The average molecular weight is 660 g/mol. The van der Waals surface area contributed by atoms with Crippen molar-refractivity contribution >= 4 is 32.9 Å². The molecule has 8 rings (SSSR count). The molecule has 1 aromatic heterocycles. The Labute approximate surface area is 277 Å². The summed E-state index contributed by atoms with van der Waals surface area (Å²) in [5.74, 6) is 1.28. The number of fused-ring (bicyclic) bond motifs is 8. The second-order valence-electron chi connectivity index (χ2n) is 14.7. The normalized spacial score (nSPS) is 27.1. The first-order valence-corrected chi connectivity index (χ1v) is 18.7. The van der Waals surface area contributed by atoms with Gasteiger partial charge in [0.05, 0.1) is 18.2 Å². The Morgan fingerprint density at radius 1 is 1.02 bits per heavy atom. The van der Waals surface area contributed by atoms with Crippen LogP contribution in [0.3, 0.4) is 0 Å². The van der Waals surface area contributed by atoms with Crippen molar-refractivity contribution in [2.45, 2.75) is 75.8 Å². The van der Waals surface area contributed by atoms with Gasteiger partial charge in [0.15, 0.2) is 0 Å². The summed E-state index contributed by atoms with van der Waals surface area (Å²) in [7, 11) is 0.511. The molecule has 11 heteroatoms. The van der Waals surface area contributed by atoms with Crippen molar-refractivity contribution in [3.63, 3.8) is 0 Å². The van der Waals surface area contributed by atoms with Crippen molar-refractivity contribution in [3.8, 4) is 17.0 Å². The van der Waals surface area contributed by atoms with Crippen molar-refractivity contribution in [2.24, 2.45) is 11.3 Å². The smallest absolute Gasteiger partial charge is 0.303 e. The number of piperidine rings is 1. The van der Waals surface area contributed by atoms with Crippen molar-refractivity contribution in [1.29, 1.82) is 0 Å². The summed E-state index contributed by atoms with van der Waals surface area (Å²) in [4.78, 5) is 30.3. The van der Waals surface area contributed by atoms with Gasteiger partial charge in [-0.05, 0) is 91.9 Å². The molecule has 4 heterocycles. The van der Waals surface area contributed by atoms with Crippen LogP contribution in [0.15, 0.2) is 36.4 Å². The lowest BCUT2D eigenvalue weighted by molar-refractivity contribution is -0.136. The molecule has 250 valence electrons. The maximum Gasteiger partial charge on any atom is 0.303 e. The summed E-state index contributed by atoms with van der Waals surface area (Å²) < 4.78 is 36.4. The van der Waals surface area contributed by atoms with Gasteiger partial charge in [0.2, 0.25) is 5.91 Å². The zero-order chi connectivity index (χ0) is 32.7. The van der Waals surface area contributed by atoms with Gasteiger partial charge in [0, 0.05) is 67.7 Å². The number of nitrogens with one attached hydrogen (secondary N) is 2. The zero-order valence-corrected chi connectivity index (χ0v) is 28.4. The summed E-state index contributed by atoms with van der Waals surface area (Å²) in [6, 6.07) is 12.3. The van der Waals surface area contributed by atoms with Crippen LogP contribution in [0.4, 0.5) is 0 Å². The number of carbonyl (C=O) groups excluding carboxylic acids is 2. The number of hydrogen-bond donors (Lipinski definition) is 2. The van der Waals surface area contributed by atoms with Gasteiger partial charge in [0.25, 0.3) is 5.91 Å². The Morgan fingerprint density at radius 3 is 2.57 bits per heavy atom. The van der Waals surface area contributed by atoms with Gasteiger partial charge in [-0.2, -0.15) is 12.7 Å². The Morgan fingerprint density at radius 2 is 1.83 bits per heavy atom. The molecule has 4 unspecified atom stereocenters. The van der Waals surface area contributed by atoms with E-state index in [4.69, 9.17) is 4.74 Å². The first kappa shape index (κ1) is 30.9. The molecule has 2 saturated heterocycles. The summed E-state index contributed by atoms with van der Waals surface area (Å²) in [5, 5.41) is 4.74. The summed E-state index contributed by atoms with van der Waals surface area (Å²) in [5.41, 5.74) is 5.30. The first-order valence-electron chi connectivity index (χ1n) is 17.2. The van der Waals surface area contributed by atoms with Crippen LogP contribution in [0, 0.1) is 11.3 Å². The summed E-state index contributed by atoms with van der Waals surface area (Å²) in [6.07, 6.45) is 8.84. The molecular weight excluding hydrogens is 614 g/mol. The van der Waals surface area contributed by atoms with E-state index in [-0.39, 0.29) is 17.4 Å². The van der Waals surface area contributed by atoms with Crippen LogP contribution in [0.5, 0.6) is 5.75 Å². The number of carbonyl (C=O) groups is 2. The van der Waals surface area contributed by atoms with Crippen LogP contribution in [0.25, 0.3) is 22.2 Å². The minimum atomic E-state index is -3.96. The topological polar surface area (TPSA) is 113 Å². The van der Waals surface area contributed by atoms with E-state index >= 15 is 0 Å². The number of rotatable bonds is 6. The summed E-state index contributed by atoms with van der Waals surface area (Å²) >= 11 is 0. The Balaban J connectivity index is 1.30. The number of aromatic nitrogens is 1. The maximum absolute atomic E-state index is 14.8. The van der Waals surface area contributed by atoms with E-state index in [1.807, 2.05) is 18.2 Å². The van der Waals surface area contributed by atoms with Crippen molar-refractivity contribution < 1.29 is 22.7 Å². The standard InChI is InChI=1S/C36H45N5O5S/c1-39(2)47(44,45)38-34(42)23-11-13-27-31(16-23)41-21-36(35(43)40-19-24-10-7-15-37-30(24)20-40)18-29(36)28-17-25(46-3)12-14-26(28)33(41)32(27)22-8-5-4-6-9-22/h11-14,16-17,22,24,29-30,37H,4-10,15,18-21H2,1-3H3,(H,38,42). The fourth-order valence-corrected chi connectivity index (χ4v) is 9.75. The second-order valence-corrected chi connectivity index (χ2v) is 16.6. The minimum absolute atomic E-state index is 0.0709. The lowest BCUT2D eigenvalue weighted by atomic mass is 9.81. The van der Waals surface area contributed by atoms with Crippen molar-refractivity contribution in [3.05, 3.63) is 53.1 Å². The third-order valence-electron chi connectivity index (χ3n) is 11.8. The number of ether oxygens (including phenoxy) is 1. The van der Waals surface area contributed by atoms with Gasteiger partial charge in [-0.25, -0.2) is 4.72 Å². The van der Waals surface area contributed by atoms with E-state index in [0.717, 1.165) is 84.0 Å². The van der Waals surface area contributed by atoms with E-state index in [2.05, 4.69) is 31.6 Å². The molecule has 3 aliphatic heterocycles. The zero-order valence-electron chi connectivity index (χ0n) is 27.5. The molecular formula is C36H45N5O5S. The molecule has 2 amide bonds. The lowest BCUT2D eigenvalue weighted by Gasteiger charge is -2.25. The number of methoxy groups -OCH3 is 1. The first-order chi connectivity index (χ1) is 22.6. The number of nitrogens with zero attached hydrogens (tertiary/aromatic N) is 3. The molecule has 3 aromatic rings. The van der Waals surface area contributed by atoms with E-state index in [1.54, 1.807) is 13.2 Å². The highest BCUT2D eigenvalue weighted by atomic mass is 32.2. The Bertz CT molecular complexity index is 1870. The molecule has 0 radical (unpaired) electrons. The highest BCUT2D eigenvalue weighted by molar-refractivity contribution is 7.87. The molecule has 0 spiro atoms. The molecule has 2 saturated carbocycles. The molecule has 2 N–H and O–H groups in total. The fourth-order valence-electron chi connectivity index (χ4n) is 9.22. The number of amides is 2. The molecule has 2 aromatic carbocycles. The van der Waals surface area contributed by atoms with Crippen molar-refractivity contribution in [1.82, 2.24) is 23.8 Å². The second kappa shape index (κ2) is 11.3. The number of benzene rings is 2. The van der Waals surface area contributed by atoms with Crippen LogP contribution in [-0.2, 0) is 21.5 Å². The Hall–Kier alpha value is -3.41. The molecule has 4 fully saturated rings. The monoisotopic (exact) mass is 659 g/mol. The van der Waals surface area contributed by atoms with Gasteiger partial charge >= 0.3 is 10.2 Å². The van der Waals surface area contributed by atoms with E-state index < -0.39 is 21.5 Å². The number of hydrogen-bond acceptors (Lipinski definition) is 6. The highest BCUT2D eigenvalue weighted by Gasteiger charge is 2.64. The molecule has 47 heavy (non-hydrogen) atoms. The third-order valence-corrected chi connectivity index (χ3v) is 13.2. The molecule has 0 bridgehead atoms. The van der Waals surface area contributed by atoms with E-state index in [0.29, 0.717) is 24.4 Å². The molecule has 4 atom stereocenters. The maximum atomic E-state index is 14.8. The predicted molar refractivity (Wildman–Crippen MR) is 181 cm³/mol. The minimum Gasteiger partial charge on any atom is -0.497 e. The van der Waals surface area contributed by atoms with Gasteiger partial charge in [-0.15, -0.1) is 0 Å².